The van der Waals surface area contributed by atoms with Gasteiger partial charge < -0.3 is 26.2 Å². The van der Waals surface area contributed by atoms with E-state index in [0.717, 1.165) is 15.3 Å². The van der Waals surface area contributed by atoms with Crippen molar-refractivity contribution in [1.29, 1.82) is 0 Å². The van der Waals surface area contributed by atoms with Crippen molar-refractivity contribution in [3.8, 4) is 16.2 Å². The summed E-state index contributed by atoms with van der Waals surface area (Å²) in [4.78, 5) is 42.5. The van der Waals surface area contributed by atoms with Crippen LogP contribution in [0.2, 0.25) is 0 Å². The smallest absolute Gasteiger partial charge is 0.255 e. The van der Waals surface area contributed by atoms with E-state index in [2.05, 4.69) is 0 Å². The van der Waals surface area contributed by atoms with E-state index in [4.69, 9.17) is 5.73 Å². The Balaban J connectivity index is 1.75. The predicted octanol–water partition coefficient (Wildman–Crippen LogP) is 2.00. The zero-order valence-corrected chi connectivity index (χ0v) is 20.7. The van der Waals surface area contributed by atoms with Gasteiger partial charge in [-0.05, 0) is 75.2 Å². The number of carbonyl (C=O) groups excluding carboxylic acids is 3. The van der Waals surface area contributed by atoms with E-state index in [1.807, 2.05) is 19.1 Å². The summed E-state index contributed by atoms with van der Waals surface area (Å²) in [5.41, 5.74) is 3.28. The van der Waals surface area contributed by atoms with Gasteiger partial charge in [-0.2, -0.15) is 0 Å². The summed E-state index contributed by atoms with van der Waals surface area (Å²) in [5.74, 6) is -6.55. The Kier molecular flexibility index (Phi) is 5.40. The molecule has 0 radical (unpaired) electrons. The lowest BCUT2D eigenvalue weighted by molar-refractivity contribution is -0.153. The molecule has 1 aromatic carbocycles. The van der Waals surface area contributed by atoms with Crippen molar-refractivity contribution in [2.75, 3.05) is 14.1 Å². The molecule has 3 aliphatic carbocycles. The number of amides is 1. The minimum absolute atomic E-state index is 0.0598. The molecule has 5 rings (SSSR count). The molecular weight excluding hydrogens is 484 g/mol. The summed E-state index contributed by atoms with van der Waals surface area (Å²) in [6.07, 6.45) is 0.319. The van der Waals surface area contributed by atoms with E-state index in [1.165, 1.54) is 11.0 Å². The number of nitrogens with zero attached hydrogens (tertiary/aromatic N) is 1. The van der Waals surface area contributed by atoms with Gasteiger partial charge >= 0.3 is 0 Å². The number of hydrogen-bond acceptors (Lipinski definition) is 9. The third-order valence-electron chi connectivity index (χ3n) is 7.61. The van der Waals surface area contributed by atoms with Gasteiger partial charge in [-0.25, -0.2) is 0 Å². The molecule has 1 aromatic heterocycles. The van der Waals surface area contributed by atoms with E-state index >= 15 is 0 Å². The lowest BCUT2D eigenvalue weighted by atomic mass is 9.57. The number of phenolic OH excluding ortho intramolecular Hbond substituents is 1. The number of rotatable bonds is 3. The number of thiophene rings is 1. The Labute approximate surface area is 210 Å². The van der Waals surface area contributed by atoms with Gasteiger partial charge in [0.1, 0.15) is 22.8 Å². The molecule has 1 saturated carbocycles. The molecule has 1 fully saturated rings. The largest absolute Gasteiger partial charge is 0.508 e. The Morgan fingerprint density at radius 1 is 1.14 bits per heavy atom. The maximum Gasteiger partial charge on any atom is 0.255 e. The van der Waals surface area contributed by atoms with Crippen molar-refractivity contribution in [1.82, 2.24) is 4.90 Å². The van der Waals surface area contributed by atoms with Crippen molar-refractivity contribution in [3.05, 3.63) is 57.2 Å². The van der Waals surface area contributed by atoms with Gasteiger partial charge in [0.15, 0.2) is 11.4 Å². The topological polar surface area (TPSA) is 161 Å². The Morgan fingerprint density at radius 3 is 2.42 bits per heavy atom. The van der Waals surface area contributed by atoms with Gasteiger partial charge in [0.05, 0.1) is 11.6 Å². The molecular formula is C26H26N2O7S. The van der Waals surface area contributed by atoms with Crippen LogP contribution >= 0.6 is 11.3 Å². The van der Waals surface area contributed by atoms with Crippen LogP contribution in [0, 0.1) is 18.8 Å². The van der Waals surface area contributed by atoms with Crippen molar-refractivity contribution in [3.63, 3.8) is 0 Å². The fourth-order valence-corrected chi connectivity index (χ4v) is 6.97. The van der Waals surface area contributed by atoms with Crippen LogP contribution in [0.1, 0.15) is 22.4 Å². The number of ketones is 2. The van der Waals surface area contributed by atoms with Crippen molar-refractivity contribution < 1.29 is 34.8 Å². The number of fused-ring (bicyclic) bond motifs is 3. The van der Waals surface area contributed by atoms with Gasteiger partial charge in [0, 0.05) is 21.2 Å². The first-order valence-corrected chi connectivity index (χ1v) is 12.3. The van der Waals surface area contributed by atoms with E-state index in [-0.39, 0.29) is 29.7 Å². The van der Waals surface area contributed by atoms with Crippen LogP contribution in [0.5, 0.6) is 5.75 Å². The van der Waals surface area contributed by atoms with Crippen LogP contribution in [-0.4, -0.2) is 68.5 Å². The highest BCUT2D eigenvalue weighted by atomic mass is 32.1. The summed E-state index contributed by atoms with van der Waals surface area (Å²) in [6, 6.07) is 6.01. The second kappa shape index (κ2) is 8.02. The van der Waals surface area contributed by atoms with Crippen LogP contribution in [0.4, 0.5) is 0 Å². The minimum Gasteiger partial charge on any atom is -0.508 e. The molecule has 0 bridgehead atoms. The van der Waals surface area contributed by atoms with Gasteiger partial charge in [-0.1, -0.05) is 0 Å². The van der Waals surface area contributed by atoms with Gasteiger partial charge in [0.25, 0.3) is 5.91 Å². The lowest BCUT2D eigenvalue weighted by Gasteiger charge is -2.50. The first kappa shape index (κ1) is 24.2. The maximum atomic E-state index is 13.8. The SMILES string of the molecule is Cc1ccc(-c2ccc(O)c3c2C[C@H]2C[C@H]4[C@H](N(C)C)C(=O)C(C(N)=O)=C(O)[C@]4(O)C(=O)C2=C3O)s1. The standard InChI is InChI=1S/C26H26N2O7S/c1-10-4-7-16(36-10)12-5-6-15(29)18-13(12)8-11-9-14-20(28(2)3)22(31)19(25(27)34)24(33)26(14,35)23(32)17(11)21(18)30/h4-7,11,14,20,29-30,33,35H,8-9H2,1-3H3,(H2,27,34)/t11-,14-,20-,26+/m0/s1. The first-order valence-electron chi connectivity index (χ1n) is 11.5. The van der Waals surface area contributed by atoms with Crippen molar-refractivity contribution >= 4 is 34.6 Å². The van der Waals surface area contributed by atoms with E-state index in [9.17, 15) is 34.8 Å². The van der Waals surface area contributed by atoms with Crippen molar-refractivity contribution in [2.45, 2.75) is 31.4 Å². The molecule has 188 valence electrons. The molecule has 36 heavy (non-hydrogen) atoms. The van der Waals surface area contributed by atoms with Gasteiger partial charge in [0.2, 0.25) is 5.78 Å². The molecule has 10 heteroatoms. The monoisotopic (exact) mass is 510 g/mol. The number of aryl methyl sites for hydroxylation is 1. The number of Topliss-reactive ketones (excluding diaryl/α,β-unsaturated/α-hetero) is 2. The Bertz CT molecular complexity index is 1420. The first-order chi connectivity index (χ1) is 16.9. The number of aromatic hydroxyl groups is 1. The highest BCUT2D eigenvalue weighted by Crippen LogP contribution is 2.53. The zero-order valence-electron chi connectivity index (χ0n) is 19.9. The summed E-state index contributed by atoms with van der Waals surface area (Å²) in [5, 5.41) is 44.5. The molecule has 1 amide bonds. The van der Waals surface area contributed by atoms with Gasteiger partial charge in [-0.3, -0.25) is 19.3 Å². The number of primary amides is 1. The van der Waals surface area contributed by atoms with Crippen LogP contribution < -0.4 is 5.73 Å². The second-order valence-electron chi connectivity index (χ2n) is 9.86. The molecule has 9 nitrogen and oxygen atoms in total. The highest BCUT2D eigenvalue weighted by Gasteiger charge is 2.64. The number of nitrogens with two attached hydrogens (primary N) is 1. The number of carbonyl (C=O) groups is 3. The molecule has 2 aromatic rings. The normalized spacial score (nSPS) is 27.8. The molecule has 6 N–H and O–H groups in total. The van der Waals surface area contributed by atoms with E-state index in [0.29, 0.717) is 5.56 Å². The quantitative estimate of drug-likeness (QED) is 0.392. The average molecular weight is 511 g/mol. The van der Waals surface area contributed by atoms with Gasteiger partial charge in [-0.15, -0.1) is 11.3 Å². The maximum absolute atomic E-state index is 13.8. The third kappa shape index (κ3) is 3.11. The number of hydrogen-bond donors (Lipinski definition) is 5. The van der Waals surface area contributed by atoms with E-state index < -0.39 is 58.0 Å². The highest BCUT2D eigenvalue weighted by molar-refractivity contribution is 7.15. The van der Waals surface area contributed by atoms with Crippen LogP contribution in [0.25, 0.3) is 16.2 Å². The molecule has 4 atom stereocenters. The predicted molar refractivity (Wildman–Crippen MR) is 132 cm³/mol. The average Bonchev–Trinajstić information content (AvgIpc) is 3.22. The lowest BCUT2D eigenvalue weighted by Crippen LogP contribution is -2.65. The fourth-order valence-electron chi connectivity index (χ4n) is 6.05. The van der Waals surface area contributed by atoms with Crippen LogP contribution in [0.3, 0.4) is 0 Å². The van der Waals surface area contributed by atoms with Crippen molar-refractivity contribution in [2.24, 2.45) is 17.6 Å². The summed E-state index contributed by atoms with van der Waals surface area (Å²) in [6.45, 7) is 1.97. The zero-order chi connectivity index (χ0) is 26.3. The van der Waals surface area contributed by atoms with Crippen LogP contribution in [0.15, 0.2) is 41.2 Å². The molecule has 0 aliphatic heterocycles. The fraction of sp³-hybridized carbons (Fsp3) is 0.346. The van der Waals surface area contributed by atoms with Crippen LogP contribution in [-0.2, 0) is 20.8 Å². The number of phenols is 1. The number of aliphatic hydroxyl groups excluding tert-OH is 2. The second-order valence-corrected chi connectivity index (χ2v) is 11.1. The minimum atomic E-state index is -2.64. The number of benzene rings is 1. The van der Waals surface area contributed by atoms with E-state index in [1.54, 1.807) is 31.5 Å². The summed E-state index contributed by atoms with van der Waals surface area (Å²) in [7, 11) is 3.14. The molecule has 0 spiro atoms. The number of aliphatic hydroxyl groups is 3. The Hall–Kier alpha value is -3.47. The Morgan fingerprint density at radius 2 is 1.83 bits per heavy atom. The summed E-state index contributed by atoms with van der Waals surface area (Å²) < 4.78 is 0. The molecule has 3 aliphatic rings. The molecule has 0 saturated heterocycles. The third-order valence-corrected chi connectivity index (χ3v) is 8.64. The molecule has 0 unspecified atom stereocenters. The number of likely N-dealkylation sites (N-methyl/N-ethyl adjacent to an activating group) is 1. The summed E-state index contributed by atoms with van der Waals surface area (Å²) >= 11 is 1.56. The molecule has 1 heterocycles.